The largest absolute Gasteiger partial charge is 0.298 e. The number of hydrogen-bond donors (Lipinski definition) is 0. The standard InChI is InChI=1S/C33H34N4/c1-7-33(8-2)24(6)32-36(25-14-10-9-11-15-25)30-31(37(32)28-17-13-12-16-26(28)33)35-27(20-34-30)29-22(4)18-21(3)19-23(29)5/h9-20,32H,6-8H2,1-5H3. The minimum absolute atomic E-state index is 0.0948. The van der Waals surface area contributed by atoms with Crippen molar-refractivity contribution >= 4 is 23.0 Å². The Balaban J connectivity index is 1.64. The number of rotatable bonds is 4. The van der Waals surface area contributed by atoms with Gasteiger partial charge in [-0.1, -0.05) is 74.5 Å². The summed E-state index contributed by atoms with van der Waals surface area (Å²) in [7, 11) is 0. The molecule has 0 saturated heterocycles. The van der Waals surface area contributed by atoms with Gasteiger partial charge in [0, 0.05) is 22.4 Å². The topological polar surface area (TPSA) is 32.3 Å². The molecule has 0 aliphatic carbocycles. The third-order valence-corrected chi connectivity index (χ3v) is 8.46. The number of fused-ring (bicyclic) bond motifs is 5. The van der Waals surface area contributed by atoms with Crippen molar-refractivity contribution in [3.63, 3.8) is 0 Å². The van der Waals surface area contributed by atoms with E-state index in [0.717, 1.165) is 41.4 Å². The Morgan fingerprint density at radius 2 is 1.49 bits per heavy atom. The molecule has 2 aliphatic heterocycles. The molecule has 0 amide bonds. The van der Waals surface area contributed by atoms with Crippen LogP contribution in [0.4, 0.5) is 23.0 Å². The van der Waals surface area contributed by atoms with Gasteiger partial charge in [-0.05, 0) is 74.1 Å². The van der Waals surface area contributed by atoms with Gasteiger partial charge in [-0.15, -0.1) is 0 Å². The van der Waals surface area contributed by atoms with Crippen molar-refractivity contribution in [2.24, 2.45) is 0 Å². The zero-order chi connectivity index (χ0) is 25.9. The number of para-hydroxylation sites is 2. The smallest absolute Gasteiger partial charge is 0.179 e. The van der Waals surface area contributed by atoms with E-state index in [9.17, 15) is 0 Å². The molecular weight excluding hydrogens is 452 g/mol. The molecule has 186 valence electrons. The Labute approximate surface area is 220 Å². The Bertz CT molecular complexity index is 1490. The fourth-order valence-electron chi connectivity index (χ4n) is 6.76. The molecule has 0 spiro atoms. The van der Waals surface area contributed by atoms with Crippen molar-refractivity contribution in [1.82, 2.24) is 9.97 Å². The molecule has 0 N–H and O–H groups in total. The van der Waals surface area contributed by atoms with E-state index in [1.54, 1.807) is 0 Å². The van der Waals surface area contributed by atoms with Crippen LogP contribution < -0.4 is 9.80 Å². The summed E-state index contributed by atoms with van der Waals surface area (Å²) in [6.45, 7) is 15.8. The van der Waals surface area contributed by atoms with Crippen molar-refractivity contribution < 1.29 is 0 Å². The van der Waals surface area contributed by atoms with Crippen LogP contribution in [-0.4, -0.2) is 16.1 Å². The zero-order valence-corrected chi connectivity index (χ0v) is 22.4. The highest BCUT2D eigenvalue weighted by molar-refractivity contribution is 5.89. The summed E-state index contributed by atoms with van der Waals surface area (Å²) >= 11 is 0. The molecule has 0 bridgehead atoms. The van der Waals surface area contributed by atoms with Crippen LogP contribution >= 0.6 is 0 Å². The van der Waals surface area contributed by atoms with Crippen molar-refractivity contribution in [3.05, 3.63) is 107 Å². The summed E-state index contributed by atoms with van der Waals surface area (Å²) in [5.41, 5.74) is 10.5. The van der Waals surface area contributed by atoms with E-state index in [2.05, 4.69) is 111 Å². The monoisotopic (exact) mass is 486 g/mol. The predicted octanol–water partition coefficient (Wildman–Crippen LogP) is 8.31. The van der Waals surface area contributed by atoms with E-state index < -0.39 is 0 Å². The van der Waals surface area contributed by atoms with Crippen molar-refractivity contribution in [2.75, 3.05) is 9.80 Å². The van der Waals surface area contributed by atoms with Crippen molar-refractivity contribution in [3.8, 4) is 11.3 Å². The summed E-state index contributed by atoms with van der Waals surface area (Å²) in [4.78, 5) is 15.2. The first-order valence-corrected chi connectivity index (χ1v) is 13.3. The molecule has 1 unspecified atom stereocenters. The van der Waals surface area contributed by atoms with Gasteiger partial charge in [0.05, 0.1) is 11.9 Å². The summed E-state index contributed by atoms with van der Waals surface area (Å²) < 4.78 is 0. The fraction of sp³-hybridized carbons (Fsp3) is 0.273. The van der Waals surface area contributed by atoms with Gasteiger partial charge in [0.1, 0.15) is 6.17 Å². The van der Waals surface area contributed by atoms with Gasteiger partial charge < -0.3 is 0 Å². The molecule has 1 aromatic heterocycles. The van der Waals surface area contributed by atoms with Crippen LogP contribution in [0.25, 0.3) is 11.3 Å². The van der Waals surface area contributed by atoms with Gasteiger partial charge in [0.2, 0.25) is 0 Å². The molecule has 2 aliphatic rings. The molecular formula is C33H34N4. The number of hydrogen-bond acceptors (Lipinski definition) is 4. The maximum Gasteiger partial charge on any atom is 0.179 e. The van der Waals surface area contributed by atoms with Crippen LogP contribution in [0.5, 0.6) is 0 Å². The van der Waals surface area contributed by atoms with Gasteiger partial charge in [0.15, 0.2) is 11.6 Å². The van der Waals surface area contributed by atoms with Crippen LogP contribution in [0, 0.1) is 20.8 Å². The number of anilines is 4. The lowest BCUT2D eigenvalue weighted by molar-refractivity contribution is 0.425. The first kappa shape index (κ1) is 23.5. The van der Waals surface area contributed by atoms with Crippen LogP contribution in [-0.2, 0) is 5.41 Å². The molecule has 0 fully saturated rings. The van der Waals surface area contributed by atoms with Crippen LogP contribution in [0.2, 0.25) is 0 Å². The molecule has 3 aromatic carbocycles. The second kappa shape index (κ2) is 8.58. The molecule has 0 radical (unpaired) electrons. The van der Waals surface area contributed by atoms with Crippen LogP contribution in [0.15, 0.2) is 85.1 Å². The average molecular weight is 487 g/mol. The summed E-state index contributed by atoms with van der Waals surface area (Å²) in [6, 6.07) is 23.8. The van der Waals surface area contributed by atoms with Gasteiger partial charge in [0.25, 0.3) is 0 Å². The second-order valence-electron chi connectivity index (χ2n) is 10.5. The zero-order valence-electron chi connectivity index (χ0n) is 22.4. The van der Waals surface area contributed by atoms with E-state index in [4.69, 9.17) is 16.5 Å². The second-order valence-corrected chi connectivity index (χ2v) is 10.5. The molecule has 0 saturated carbocycles. The summed E-state index contributed by atoms with van der Waals surface area (Å²) in [5.74, 6) is 1.77. The maximum absolute atomic E-state index is 5.35. The molecule has 1 atom stereocenters. The normalized spacial score (nSPS) is 17.4. The quantitative estimate of drug-likeness (QED) is 0.272. The SMILES string of the molecule is C=C1C2N(c3ccccc3)c3ncc(-c4c(C)cc(C)cc4C)nc3N2c2ccccc2C1(CC)CC. The van der Waals surface area contributed by atoms with Crippen LogP contribution in [0.1, 0.15) is 48.9 Å². The Morgan fingerprint density at radius 1 is 0.838 bits per heavy atom. The Kier molecular flexibility index (Phi) is 5.45. The Hall–Kier alpha value is -3.92. The highest BCUT2D eigenvalue weighted by Crippen LogP contribution is 2.58. The third-order valence-electron chi connectivity index (χ3n) is 8.46. The Morgan fingerprint density at radius 3 is 2.16 bits per heavy atom. The highest BCUT2D eigenvalue weighted by atomic mass is 15.5. The summed E-state index contributed by atoms with van der Waals surface area (Å²) in [6.07, 6.45) is 3.84. The first-order valence-electron chi connectivity index (χ1n) is 13.3. The maximum atomic E-state index is 5.35. The van der Waals surface area contributed by atoms with E-state index in [-0.39, 0.29) is 11.6 Å². The molecule has 4 nitrogen and oxygen atoms in total. The molecule has 6 rings (SSSR count). The fourth-order valence-corrected chi connectivity index (χ4v) is 6.76. The van der Waals surface area contributed by atoms with Gasteiger partial charge in [-0.3, -0.25) is 9.80 Å². The lowest BCUT2D eigenvalue weighted by atomic mass is 9.66. The molecule has 37 heavy (non-hydrogen) atoms. The number of aromatic nitrogens is 2. The lowest BCUT2D eigenvalue weighted by Gasteiger charge is -2.49. The third kappa shape index (κ3) is 3.28. The van der Waals surface area contributed by atoms with E-state index in [1.807, 2.05) is 6.20 Å². The van der Waals surface area contributed by atoms with E-state index in [0.29, 0.717) is 0 Å². The van der Waals surface area contributed by atoms with Crippen molar-refractivity contribution in [2.45, 2.75) is 59.0 Å². The highest BCUT2D eigenvalue weighted by Gasteiger charge is 2.52. The van der Waals surface area contributed by atoms with E-state index in [1.165, 1.54) is 33.5 Å². The summed E-state index contributed by atoms with van der Waals surface area (Å²) in [5, 5.41) is 0. The van der Waals surface area contributed by atoms with Gasteiger partial charge in [-0.25, -0.2) is 9.97 Å². The first-order chi connectivity index (χ1) is 17.9. The van der Waals surface area contributed by atoms with Crippen molar-refractivity contribution in [1.29, 1.82) is 0 Å². The molecule has 4 aromatic rings. The molecule has 3 heterocycles. The van der Waals surface area contributed by atoms with Gasteiger partial charge in [-0.2, -0.15) is 0 Å². The van der Waals surface area contributed by atoms with Gasteiger partial charge >= 0.3 is 0 Å². The van der Waals surface area contributed by atoms with Crippen LogP contribution in [0.3, 0.4) is 0 Å². The number of benzene rings is 3. The average Bonchev–Trinajstić information content (AvgIpc) is 3.24. The number of aryl methyl sites for hydroxylation is 3. The predicted molar refractivity (Wildman–Crippen MR) is 154 cm³/mol. The minimum atomic E-state index is -0.111. The van der Waals surface area contributed by atoms with E-state index >= 15 is 0 Å². The number of nitrogens with zero attached hydrogens (tertiary/aromatic N) is 4. The lowest BCUT2D eigenvalue weighted by Crippen LogP contribution is -2.50. The minimum Gasteiger partial charge on any atom is -0.298 e. The molecule has 4 heteroatoms.